The molecule has 2 N–H and O–H groups in total. The second-order valence-electron chi connectivity index (χ2n) is 3.31. The molecule has 0 fully saturated rings. The molecular weight excluding hydrogens is 295 g/mol. The van der Waals surface area contributed by atoms with Crippen LogP contribution in [0.3, 0.4) is 0 Å². The summed E-state index contributed by atoms with van der Waals surface area (Å²) in [6.07, 6.45) is 1.47. The van der Waals surface area contributed by atoms with Crippen LogP contribution in [0.4, 0.5) is 11.5 Å². The van der Waals surface area contributed by atoms with E-state index in [0.717, 1.165) is 0 Å². The van der Waals surface area contributed by atoms with Crippen LogP contribution in [0.2, 0.25) is 15.3 Å². The van der Waals surface area contributed by atoms with Crippen LogP contribution in [0.15, 0.2) is 29.3 Å². The van der Waals surface area contributed by atoms with Gasteiger partial charge in [0.25, 0.3) is 0 Å². The first-order valence-corrected chi connectivity index (χ1v) is 5.98. The number of aliphatic imine (C=N–C) groups is 1. The minimum absolute atomic E-state index is 0.0674. The van der Waals surface area contributed by atoms with Gasteiger partial charge in [-0.15, -0.1) is 0 Å². The molecule has 7 heteroatoms. The van der Waals surface area contributed by atoms with E-state index in [1.807, 2.05) is 0 Å². The number of anilines is 1. The van der Waals surface area contributed by atoms with Crippen molar-refractivity contribution >= 4 is 52.5 Å². The summed E-state index contributed by atoms with van der Waals surface area (Å²) in [5, 5.41) is 0.795. The molecule has 1 aromatic heterocycles. The van der Waals surface area contributed by atoms with E-state index in [1.165, 1.54) is 6.21 Å². The van der Waals surface area contributed by atoms with E-state index < -0.39 is 0 Å². The molecule has 0 atom stereocenters. The van der Waals surface area contributed by atoms with Crippen LogP contribution in [-0.2, 0) is 0 Å². The van der Waals surface area contributed by atoms with E-state index >= 15 is 0 Å². The highest BCUT2D eigenvalue weighted by Crippen LogP contribution is 2.20. The number of nitrogens with zero attached hydrogens (tertiary/aromatic N) is 3. The van der Waals surface area contributed by atoms with Gasteiger partial charge in [0, 0.05) is 5.02 Å². The second kappa shape index (κ2) is 5.52. The number of aromatic nitrogens is 2. The van der Waals surface area contributed by atoms with Crippen LogP contribution < -0.4 is 5.73 Å². The van der Waals surface area contributed by atoms with Gasteiger partial charge < -0.3 is 5.73 Å². The largest absolute Gasteiger partial charge is 0.382 e. The van der Waals surface area contributed by atoms with Crippen molar-refractivity contribution in [3.8, 4) is 0 Å². The van der Waals surface area contributed by atoms with Gasteiger partial charge in [-0.2, -0.15) is 0 Å². The highest BCUT2D eigenvalue weighted by Gasteiger charge is 2.06. The van der Waals surface area contributed by atoms with Gasteiger partial charge in [-0.25, -0.2) is 9.97 Å². The Kier molecular flexibility index (Phi) is 4.01. The van der Waals surface area contributed by atoms with E-state index in [2.05, 4.69) is 15.0 Å². The van der Waals surface area contributed by atoms with E-state index in [9.17, 15) is 0 Å². The van der Waals surface area contributed by atoms with Crippen molar-refractivity contribution < 1.29 is 0 Å². The SMILES string of the molecule is Nc1nc(Cl)c(Cl)nc1/C=N/c1ccc(Cl)cc1. The molecule has 0 amide bonds. The molecule has 1 heterocycles. The third kappa shape index (κ3) is 3.10. The summed E-state index contributed by atoms with van der Waals surface area (Å²) in [6, 6.07) is 7.00. The Morgan fingerprint density at radius 1 is 1.00 bits per heavy atom. The molecule has 0 spiro atoms. The lowest BCUT2D eigenvalue weighted by atomic mass is 10.3. The van der Waals surface area contributed by atoms with E-state index in [4.69, 9.17) is 40.5 Å². The molecule has 0 aliphatic heterocycles. The highest BCUT2D eigenvalue weighted by atomic mass is 35.5. The molecule has 0 radical (unpaired) electrons. The molecule has 1 aromatic carbocycles. The number of nitrogen functional groups attached to an aromatic ring is 1. The Balaban J connectivity index is 2.28. The summed E-state index contributed by atoms with van der Waals surface area (Å²) in [4.78, 5) is 12.0. The van der Waals surface area contributed by atoms with Crippen molar-refractivity contribution in [2.24, 2.45) is 4.99 Å². The molecule has 0 aliphatic carbocycles. The van der Waals surface area contributed by atoms with E-state index in [-0.39, 0.29) is 16.1 Å². The van der Waals surface area contributed by atoms with Gasteiger partial charge in [-0.3, -0.25) is 4.99 Å². The minimum atomic E-state index is 0.0674. The fourth-order valence-electron chi connectivity index (χ4n) is 1.18. The molecule has 0 aliphatic rings. The Hall–Kier alpha value is -1.36. The molecule has 0 bridgehead atoms. The monoisotopic (exact) mass is 300 g/mol. The van der Waals surface area contributed by atoms with Crippen molar-refractivity contribution in [2.45, 2.75) is 0 Å². The van der Waals surface area contributed by atoms with Crippen LogP contribution in [0.1, 0.15) is 5.69 Å². The fourth-order valence-corrected chi connectivity index (χ4v) is 1.57. The normalized spacial score (nSPS) is 11.1. The maximum absolute atomic E-state index is 5.77. The van der Waals surface area contributed by atoms with Crippen LogP contribution in [0, 0.1) is 0 Å². The Bertz CT molecular complexity index is 596. The molecule has 0 saturated heterocycles. The third-order valence-electron chi connectivity index (χ3n) is 2.03. The number of hydrogen-bond acceptors (Lipinski definition) is 4. The van der Waals surface area contributed by atoms with Crippen LogP contribution in [0.5, 0.6) is 0 Å². The van der Waals surface area contributed by atoms with Gasteiger partial charge in [0.05, 0.1) is 11.9 Å². The molecule has 18 heavy (non-hydrogen) atoms. The maximum Gasteiger partial charge on any atom is 0.168 e. The zero-order valence-corrected chi connectivity index (χ0v) is 11.2. The molecule has 4 nitrogen and oxygen atoms in total. The summed E-state index contributed by atoms with van der Waals surface area (Å²) in [5.74, 6) is 0.169. The van der Waals surface area contributed by atoms with E-state index in [1.54, 1.807) is 24.3 Å². The first kappa shape index (κ1) is 13.1. The summed E-state index contributed by atoms with van der Waals surface area (Å²) in [7, 11) is 0. The lowest BCUT2D eigenvalue weighted by molar-refractivity contribution is 1.19. The van der Waals surface area contributed by atoms with Crippen molar-refractivity contribution in [1.29, 1.82) is 0 Å². The summed E-state index contributed by atoms with van der Waals surface area (Å²) in [5.41, 5.74) is 6.72. The lowest BCUT2D eigenvalue weighted by Crippen LogP contribution is -2.01. The Morgan fingerprint density at radius 3 is 2.28 bits per heavy atom. The van der Waals surface area contributed by atoms with Gasteiger partial charge >= 0.3 is 0 Å². The van der Waals surface area contributed by atoms with Crippen LogP contribution in [0.25, 0.3) is 0 Å². The second-order valence-corrected chi connectivity index (χ2v) is 4.46. The Labute approximate surface area is 118 Å². The van der Waals surface area contributed by atoms with Gasteiger partial charge in [0.2, 0.25) is 0 Å². The Morgan fingerprint density at radius 2 is 1.61 bits per heavy atom. The lowest BCUT2D eigenvalue weighted by Gasteiger charge is -2.00. The molecule has 2 aromatic rings. The van der Waals surface area contributed by atoms with Crippen molar-refractivity contribution in [3.05, 3.63) is 45.3 Å². The number of nitrogens with two attached hydrogens (primary N) is 1. The van der Waals surface area contributed by atoms with Crippen LogP contribution in [-0.4, -0.2) is 16.2 Å². The predicted octanol–water partition coefficient (Wildman–Crippen LogP) is 3.77. The minimum Gasteiger partial charge on any atom is -0.382 e. The zero-order valence-electron chi connectivity index (χ0n) is 8.94. The first-order valence-electron chi connectivity index (χ1n) is 4.84. The number of hydrogen-bond donors (Lipinski definition) is 1. The number of halogens is 3. The average Bonchev–Trinajstić information content (AvgIpc) is 2.34. The molecule has 0 unspecified atom stereocenters. The predicted molar refractivity (Wildman–Crippen MR) is 75.2 cm³/mol. The quantitative estimate of drug-likeness (QED) is 0.859. The summed E-state index contributed by atoms with van der Waals surface area (Å²) < 4.78 is 0. The smallest absolute Gasteiger partial charge is 0.168 e. The third-order valence-corrected chi connectivity index (χ3v) is 2.91. The summed E-state index contributed by atoms with van der Waals surface area (Å²) >= 11 is 17.2. The first-order chi connectivity index (χ1) is 8.56. The molecule has 92 valence electrons. The van der Waals surface area contributed by atoms with Gasteiger partial charge in [0.1, 0.15) is 5.69 Å². The average molecular weight is 302 g/mol. The molecule has 2 rings (SSSR count). The number of benzene rings is 1. The number of rotatable bonds is 2. The van der Waals surface area contributed by atoms with Crippen LogP contribution >= 0.6 is 34.8 Å². The standard InChI is InChI=1S/C11H7Cl3N4/c12-6-1-3-7(4-2-6)16-5-8-11(15)18-10(14)9(13)17-8/h1-5H,(H2,15,18)/b16-5+. The van der Waals surface area contributed by atoms with Gasteiger partial charge in [-0.05, 0) is 24.3 Å². The van der Waals surface area contributed by atoms with Crippen molar-refractivity contribution in [3.63, 3.8) is 0 Å². The highest BCUT2D eigenvalue weighted by molar-refractivity contribution is 6.40. The van der Waals surface area contributed by atoms with E-state index in [0.29, 0.717) is 16.4 Å². The topological polar surface area (TPSA) is 64.2 Å². The molecular formula is C11H7Cl3N4. The van der Waals surface area contributed by atoms with Crippen molar-refractivity contribution in [1.82, 2.24) is 9.97 Å². The van der Waals surface area contributed by atoms with Gasteiger partial charge in [0.15, 0.2) is 16.1 Å². The maximum atomic E-state index is 5.77. The zero-order chi connectivity index (χ0) is 13.1. The fraction of sp³-hybridized carbons (Fsp3) is 0. The van der Waals surface area contributed by atoms with Gasteiger partial charge in [-0.1, -0.05) is 34.8 Å². The molecule has 0 saturated carbocycles. The summed E-state index contributed by atoms with van der Waals surface area (Å²) in [6.45, 7) is 0. The van der Waals surface area contributed by atoms with Crippen molar-refractivity contribution in [2.75, 3.05) is 5.73 Å².